The van der Waals surface area contributed by atoms with Crippen LogP contribution in [0, 0.1) is 0 Å². The highest BCUT2D eigenvalue weighted by Crippen LogP contribution is 2.38. The zero-order valence-corrected chi connectivity index (χ0v) is 8.83. The molecule has 0 aromatic heterocycles. The molecule has 3 unspecified atom stereocenters. The van der Waals surface area contributed by atoms with E-state index < -0.39 is 24.4 Å². The van der Waals surface area contributed by atoms with Crippen LogP contribution in [-0.4, -0.2) is 36.1 Å². The number of alkyl halides is 2. The molecule has 0 aliphatic carbocycles. The monoisotopic (exact) mass is 234 g/mol. The summed E-state index contributed by atoms with van der Waals surface area (Å²) in [6, 6.07) is 0. The van der Waals surface area contributed by atoms with Gasteiger partial charge in [-0.3, -0.25) is 0 Å². The summed E-state index contributed by atoms with van der Waals surface area (Å²) in [4.78, 5) is 0. The van der Waals surface area contributed by atoms with Crippen molar-refractivity contribution in [3.05, 3.63) is 0 Å². The van der Waals surface area contributed by atoms with Crippen LogP contribution in [0.15, 0.2) is 0 Å². The number of hydrogen-bond acceptors (Lipinski definition) is 4. The van der Waals surface area contributed by atoms with Crippen LogP contribution in [0.4, 0.5) is 8.78 Å². The first-order valence-electron chi connectivity index (χ1n) is 3.42. The van der Waals surface area contributed by atoms with Crippen LogP contribution in [0.3, 0.4) is 0 Å². The summed E-state index contributed by atoms with van der Waals surface area (Å²) in [7, 11) is 3.63. The van der Waals surface area contributed by atoms with Gasteiger partial charge in [-0.25, -0.2) is 0 Å². The topological polar surface area (TPSA) is 47.9 Å². The van der Waals surface area contributed by atoms with Crippen molar-refractivity contribution in [1.29, 1.82) is 0 Å². The normalized spacial score (nSPS) is 38.1. The molecule has 1 fully saturated rings. The summed E-state index contributed by atoms with van der Waals surface area (Å²) in [6.45, 7) is -0.0869. The molecule has 5 atom stereocenters. The molecule has 1 aliphatic rings. The first kappa shape index (κ1) is 11.6. The van der Waals surface area contributed by atoms with Crippen molar-refractivity contribution in [3.8, 4) is 0 Å². The molecule has 0 bridgehead atoms. The van der Waals surface area contributed by atoms with Gasteiger partial charge in [0.05, 0.1) is 6.61 Å². The molecule has 78 valence electrons. The summed E-state index contributed by atoms with van der Waals surface area (Å²) in [5.41, 5.74) is 0. The molecule has 1 aliphatic heterocycles. The van der Waals surface area contributed by atoms with Crippen LogP contribution in [0.2, 0.25) is 0 Å². The Morgan fingerprint density at radius 1 is 1.46 bits per heavy atom. The predicted octanol–water partition coefficient (Wildman–Crippen LogP) is 0.321. The van der Waals surface area contributed by atoms with Crippen LogP contribution in [0.1, 0.15) is 0 Å². The van der Waals surface area contributed by atoms with Gasteiger partial charge in [0, 0.05) is 18.9 Å². The van der Waals surface area contributed by atoms with Gasteiger partial charge in [-0.1, -0.05) is 0 Å². The van der Waals surface area contributed by atoms with Crippen LogP contribution < -0.4 is 0 Å². The number of aliphatic hydroxyl groups is 1. The van der Waals surface area contributed by atoms with Gasteiger partial charge in [-0.15, -0.1) is 0 Å². The number of ether oxygens (including phenoxy) is 1. The number of hydrogen-bond donors (Lipinski definition) is 1. The maximum absolute atomic E-state index is 13.0. The predicted molar refractivity (Wildman–Crippen MR) is 46.1 cm³/mol. The Morgan fingerprint density at radius 2 is 2.08 bits per heavy atom. The summed E-state index contributed by atoms with van der Waals surface area (Å²) in [5, 5.41) is 8.83. The quantitative estimate of drug-likeness (QED) is 0.714. The summed E-state index contributed by atoms with van der Waals surface area (Å²) < 4.78 is 39.6. The van der Waals surface area contributed by atoms with Crippen molar-refractivity contribution < 1.29 is 27.7 Å². The fraction of sp³-hybridized carbons (Fsp3) is 1.00. The van der Waals surface area contributed by atoms with E-state index in [1.54, 1.807) is 9.47 Å². The highest BCUT2D eigenvalue weighted by atomic mass is 31.0. The molecule has 0 aromatic carbocycles. The van der Waals surface area contributed by atoms with Crippen LogP contribution in [0.25, 0.3) is 0 Å². The van der Waals surface area contributed by atoms with E-state index in [2.05, 4.69) is 13.8 Å². The largest absolute Gasteiger partial charge is 0.363 e. The summed E-state index contributed by atoms with van der Waals surface area (Å²) >= 11 is 0. The molecule has 13 heavy (non-hydrogen) atoms. The van der Waals surface area contributed by atoms with E-state index in [-0.39, 0.29) is 6.61 Å². The molecule has 1 saturated heterocycles. The van der Waals surface area contributed by atoms with Crippen LogP contribution in [0.5, 0.6) is 0 Å². The third-order valence-corrected chi connectivity index (χ3v) is 2.24. The minimum atomic E-state index is -3.41. The Kier molecular flexibility index (Phi) is 3.93. The van der Waals surface area contributed by atoms with E-state index in [1.807, 2.05) is 9.47 Å². The lowest BCUT2D eigenvalue weighted by Gasteiger charge is -2.19. The van der Waals surface area contributed by atoms with E-state index in [1.165, 1.54) is 0 Å². The van der Waals surface area contributed by atoms with E-state index in [4.69, 9.17) is 5.11 Å². The van der Waals surface area contributed by atoms with Crippen molar-refractivity contribution in [2.45, 2.75) is 24.4 Å². The zero-order chi connectivity index (χ0) is 10.1. The SMILES string of the molecule is O[C@@H]1O[C@H](COP)C(OP)C1(F)F. The average Bonchev–Trinajstić information content (AvgIpc) is 2.24. The highest BCUT2D eigenvalue weighted by Gasteiger charge is 2.59. The second-order valence-electron chi connectivity index (χ2n) is 2.59. The zero-order valence-electron chi connectivity index (χ0n) is 6.52. The van der Waals surface area contributed by atoms with Gasteiger partial charge in [-0.05, 0) is 0 Å². The molecule has 0 aromatic rings. The fourth-order valence-corrected chi connectivity index (χ4v) is 1.66. The molecule has 0 saturated carbocycles. The Morgan fingerprint density at radius 3 is 2.54 bits per heavy atom. The first-order valence-corrected chi connectivity index (χ1v) is 4.37. The Balaban J connectivity index is 2.70. The van der Waals surface area contributed by atoms with E-state index >= 15 is 0 Å². The minimum Gasteiger partial charge on any atom is -0.363 e. The molecule has 0 amide bonds. The minimum absolute atomic E-state index is 0.0869. The third kappa shape index (κ3) is 2.14. The van der Waals surface area contributed by atoms with Gasteiger partial charge in [0.2, 0.25) is 6.29 Å². The van der Waals surface area contributed by atoms with Crippen molar-refractivity contribution >= 4 is 18.9 Å². The van der Waals surface area contributed by atoms with E-state index in [9.17, 15) is 8.78 Å². The van der Waals surface area contributed by atoms with Crippen molar-refractivity contribution in [2.24, 2.45) is 0 Å². The number of halogens is 2. The van der Waals surface area contributed by atoms with Crippen molar-refractivity contribution in [2.75, 3.05) is 6.61 Å². The summed E-state index contributed by atoms with van der Waals surface area (Å²) in [6.07, 6.45) is -4.61. The van der Waals surface area contributed by atoms with Gasteiger partial charge in [0.1, 0.15) is 6.10 Å². The van der Waals surface area contributed by atoms with E-state index in [0.29, 0.717) is 0 Å². The van der Waals surface area contributed by atoms with Gasteiger partial charge >= 0.3 is 5.92 Å². The second kappa shape index (κ2) is 4.39. The molecule has 8 heteroatoms. The average molecular weight is 234 g/mol. The van der Waals surface area contributed by atoms with E-state index in [0.717, 1.165) is 0 Å². The smallest absolute Gasteiger partial charge is 0.326 e. The highest BCUT2D eigenvalue weighted by molar-refractivity contribution is 7.10. The lowest BCUT2D eigenvalue weighted by molar-refractivity contribution is -0.196. The molecule has 4 nitrogen and oxygen atoms in total. The molecule has 0 radical (unpaired) electrons. The maximum Gasteiger partial charge on any atom is 0.326 e. The van der Waals surface area contributed by atoms with Crippen LogP contribution >= 0.6 is 18.9 Å². The third-order valence-electron chi connectivity index (χ3n) is 1.76. The molecular weight excluding hydrogens is 224 g/mol. The second-order valence-corrected chi connectivity index (χ2v) is 3.20. The van der Waals surface area contributed by atoms with Crippen molar-refractivity contribution in [3.63, 3.8) is 0 Å². The summed E-state index contributed by atoms with van der Waals surface area (Å²) in [5.74, 6) is -3.41. The molecular formula is C5H10F2O4P2. The molecule has 1 rings (SSSR count). The molecule has 0 spiro atoms. The van der Waals surface area contributed by atoms with Gasteiger partial charge in [0.25, 0.3) is 0 Å². The van der Waals surface area contributed by atoms with Gasteiger partial charge in [-0.2, -0.15) is 8.78 Å². The van der Waals surface area contributed by atoms with Crippen molar-refractivity contribution in [1.82, 2.24) is 0 Å². The lowest BCUT2D eigenvalue weighted by atomic mass is 10.1. The molecule has 1 N–H and O–H groups in total. The van der Waals surface area contributed by atoms with Gasteiger partial charge < -0.3 is 18.9 Å². The maximum atomic E-state index is 13.0. The molecule has 1 heterocycles. The Hall–Kier alpha value is 0.560. The van der Waals surface area contributed by atoms with Crippen LogP contribution in [-0.2, 0) is 13.8 Å². The Labute approximate surface area is 78.5 Å². The number of rotatable bonds is 3. The fourth-order valence-electron chi connectivity index (χ4n) is 1.12. The Bertz CT molecular complexity index is 182. The first-order chi connectivity index (χ1) is 6.04. The number of aliphatic hydroxyl groups excluding tert-OH is 1. The lowest BCUT2D eigenvalue weighted by Crippen LogP contribution is -2.41. The standard InChI is InChI=1S/C5H10F2O4P2/c6-5(7)3(11-13)2(1-9-12)10-4(5)8/h2-4,8H,1,12-13H2/t2-,3?,4-/m1/s1. The van der Waals surface area contributed by atoms with Gasteiger partial charge in [0.15, 0.2) is 6.10 Å².